The van der Waals surface area contributed by atoms with Crippen molar-refractivity contribution in [2.75, 3.05) is 6.54 Å². The van der Waals surface area contributed by atoms with Gasteiger partial charge in [-0.25, -0.2) is 4.39 Å². The Morgan fingerprint density at radius 1 is 1.11 bits per heavy atom. The summed E-state index contributed by atoms with van der Waals surface area (Å²) in [5.41, 5.74) is 2.44. The molecule has 1 aromatic carbocycles. The lowest BCUT2D eigenvalue weighted by atomic mass is 10.0. The molecule has 4 rings (SSSR count). The van der Waals surface area contributed by atoms with Gasteiger partial charge in [0.25, 0.3) is 0 Å². The molecule has 0 bridgehead atoms. The van der Waals surface area contributed by atoms with E-state index in [1.165, 1.54) is 6.07 Å². The van der Waals surface area contributed by atoms with Gasteiger partial charge in [0, 0.05) is 24.6 Å². The molecule has 0 saturated carbocycles. The van der Waals surface area contributed by atoms with Gasteiger partial charge in [-0.3, -0.25) is 4.98 Å². The van der Waals surface area contributed by atoms with Crippen molar-refractivity contribution in [3.8, 4) is 5.69 Å². The lowest BCUT2D eigenvalue weighted by Crippen LogP contribution is -2.31. The molecule has 3 aromatic rings. The fraction of sp³-hybridized carbons (Fsp3) is 0.238. The van der Waals surface area contributed by atoms with E-state index < -0.39 is 0 Å². The molecule has 1 saturated heterocycles. The van der Waals surface area contributed by atoms with Gasteiger partial charge in [0.2, 0.25) is 0 Å². The molecule has 1 aliphatic heterocycles. The first-order chi connectivity index (χ1) is 13.2. The maximum atomic E-state index is 14.5. The molecule has 0 aliphatic carbocycles. The summed E-state index contributed by atoms with van der Waals surface area (Å²) in [6.45, 7) is 2.95. The predicted molar refractivity (Wildman–Crippen MR) is 108 cm³/mol. The van der Waals surface area contributed by atoms with E-state index in [2.05, 4.69) is 22.1 Å². The minimum atomic E-state index is -0.250. The van der Waals surface area contributed by atoms with Crippen LogP contribution in [0.2, 0.25) is 0 Å². The Bertz CT molecular complexity index is 940. The van der Waals surface area contributed by atoms with Crippen molar-refractivity contribution >= 4 is 17.3 Å². The molecule has 0 amide bonds. The second kappa shape index (κ2) is 7.48. The highest BCUT2D eigenvalue weighted by molar-refractivity contribution is 7.80. The number of halogens is 1. The topological polar surface area (TPSA) is 33.1 Å². The molecular formula is C21H21FN4S. The second-order valence-electron chi connectivity index (χ2n) is 6.57. The molecule has 2 unspecified atom stereocenters. The van der Waals surface area contributed by atoms with Gasteiger partial charge in [0.1, 0.15) is 5.82 Å². The maximum Gasteiger partial charge on any atom is 0.170 e. The van der Waals surface area contributed by atoms with Crippen LogP contribution in [0.5, 0.6) is 0 Å². The quantitative estimate of drug-likeness (QED) is 0.666. The molecule has 0 radical (unpaired) electrons. The highest BCUT2D eigenvalue weighted by atomic mass is 32.1. The van der Waals surface area contributed by atoms with E-state index in [1.54, 1.807) is 18.3 Å². The number of nitrogens with zero attached hydrogens (tertiary/aromatic N) is 3. The zero-order chi connectivity index (χ0) is 18.8. The summed E-state index contributed by atoms with van der Waals surface area (Å²) in [6, 6.07) is 16.5. The molecule has 2 aromatic heterocycles. The molecule has 3 heterocycles. The van der Waals surface area contributed by atoms with Crippen molar-refractivity contribution < 1.29 is 4.39 Å². The van der Waals surface area contributed by atoms with Crippen LogP contribution < -0.4 is 5.32 Å². The zero-order valence-corrected chi connectivity index (χ0v) is 15.9. The Morgan fingerprint density at radius 3 is 2.67 bits per heavy atom. The van der Waals surface area contributed by atoms with Gasteiger partial charge >= 0.3 is 0 Å². The van der Waals surface area contributed by atoms with E-state index in [-0.39, 0.29) is 17.9 Å². The van der Waals surface area contributed by atoms with Crippen molar-refractivity contribution in [2.45, 2.75) is 25.4 Å². The van der Waals surface area contributed by atoms with Gasteiger partial charge in [-0.15, -0.1) is 0 Å². The lowest BCUT2D eigenvalue weighted by molar-refractivity contribution is 0.308. The first-order valence-electron chi connectivity index (χ1n) is 9.11. The number of hydrogen-bond donors (Lipinski definition) is 1. The second-order valence-corrected chi connectivity index (χ2v) is 6.96. The fourth-order valence-corrected chi connectivity index (χ4v) is 4.04. The first-order valence-corrected chi connectivity index (χ1v) is 9.51. The standard InChI is InChI=1S/C21H21FN4S/c1-2-13-26-20(19(24-21(26)27)16-9-5-6-12-23-16)18-11-7-14-25(18)17-10-4-3-8-15(17)22/h3-12,14,19-20H,2,13H2,1H3,(H,24,27). The number of nitrogens with one attached hydrogen (secondary N) is 1. The third-order valence-corrected chi connectivity index (χ3v) is 5.21. The van der Waals surface area contributed by atoms with Crippen LogP contribution in [0, 0.1) is 5.82 Å². The molecular weight excluding hydrogens is 359 g/mol. The highest BCUT2D eigenvalue weighted by Gasteiger charge is 2.40. The normalized spacial score (nSPS) is 19.3. The molecule has 1 fully saturated rings. The Morgan fingerprint density at radius 2 is 1.93 bits per heavy atom. The Kier molecular flexibility index (Phi) is 4.90. The minimum Gasteiger partial charge on any atom is -0.352 e. The molecule has 6 heteroatoms. The van der Waals surface area contributed by atoms with Crippen LogP contribution in [0.1, 0.15) is 36.8 Å². The number of hydrogen-bond acceptors (Lipinski definition) is 2. The molecule has 1 N–H and O–H groups in total. The van der Waals surface area contributed by atoms with Gasteiger partial charge in [-0.2, -0.15) is 0 Å². The van der Waals surface area contributed by atoms with Gasteiger partial charge < -0.3 is 14.8 Å². The monoisotopic (exact) mass is 380 g/mol. The number of aromatic nitrogens is 2. The van der Waals surface area contributed by atoms with E-state index in [0.29, 0.717) is 10.8 Å². The van der Waals surface area contributed by atoms with E-state index in [1.807, 2.05) is 47.2 Å². The summed E-state index contributed by atoms with van der Waals surface area (Å²) < 4.78 is 16.4. The summed E-state index contributed by atoms with van der Waals surface area (Å²) in [5, 5.41) is 4.13. The number of thiocarbonyl (C=S) groups is 1. The molecule has 138 valence electrons. The minimum absolute atomic E-state index is 0.0676. The average Bonchev–Trinajstić information content (AvgIpc) is 3.28. The predicted octanol–water partition coefficient (Wildman–Crippen LogP) is 4.39. The number of rotatable bonds is 5. The van der Waals surface area contributed by atoms with E-state index in [9.17, 15) is 4.39 Å². The maximum absolute atomic E-state index is 14.5. The van der Waals surface area contributed by atoms with Gasteiger partial charge in [-0.1, -0.05) is 25.1 Å². The molecule has 0 spiro atoms. The third kappa shape index (κ3) is 3.21. The third-order valence-electron chi connectivity index (χ3n) is 4.86. The summed E-state index contributed by atoms with van der Waals surface area (Å²) in [7, 11) is 0. The van der Waals surface area contributed by atoms with Crippen LogP contribution in [0.25, 0.3) is 5.69 Å². The highest BCUT2D eigenvalue weighted by Crippen LogP contribution is 2.39. The van der Waals surface area contributed by atoms with E-state index >= 15 is 0 Å². The van der Waals surface area contributed by atoms with Crippen LogP contribution in [-0.2, 0) is 0 Å². The molecule has 2 atom stereocenters. The average molecular weight is 380 g/mol. The summed E-state index contributed by atoms with van der Waals surface area (Å²) in [6.07, 6.45) is 4.65. The zero-order valence-electron chi connectivity index (χ0n) is 15.0. The largest absolute Gasteiger partial charge is 0.352 e. The number of pyridine rings is 1. The van der Waals surface area contributed by atoms with E-state index in [0.717, 1.165) is 24.4 Å². The Labute approximate surface area is 163 Å². The summed E-state index contributed by atoms with van der Waals surface area (Å²) in [5.74, 6) is -0.250. The molecule has 4 nitrogen and oxygen atoms in total. The van der Waals surface area contributed by atoms with Gasteiger partial charge in [0.15, 0.2) is 5.11 Å². The summed E-state index contributed by atoms with van der Waals surface area (Å²) in [4.78, 5) is 6.72. The van der Waals surface area contributed by atoms with Gasteiger partial charge in [0.05, 0.1) is 23.5 Å². The van der Waals surface area contributed by atoms with Crippen molar-refractivity contribution in [1.82, 2.24) is 19.8 Å². The smallest absolute Gasteiger partial charge is 0.170 e. The Balaban J connectivity index is 1.83. The first kappa shape index (κ1) is 17.7. The Hall–Kier alpha value is -2.73. The van der Waals surface area contributed by atoms with Crippen LogP contribution in [0.3, 0.4) is 0 Å². The molecule has 27 heavy (non-hydrogen) atoms. The van der Waals surface area contributed by atoms with Crippen LogP contribution >= 0.6 is 12.2 Å². The fourth-order valence-electron chi connectivity index (χ4n) is 3.71. The number of para-hydroxylation sites is 1. The summed E-state index contributed by atoms with van der Waals surface area (Å²) >= 11 is 5.62. The lowest BCUT2D eigenvalue weighted by Gasteiger charge is -2.28. The van der Waals surface area contributed by atoms with Crippen LogP contribution in [-0.4, -0.2) is 26.1 Å². The number of benzene rings is 1. The van der Waals surface area contributed by atoms with Crippen LogP contribution in [0.4, 0.5) is 4.39 Å². The van der Waals surface area contributed by atoms with Crippen molar-refractivity contribution in [3.05, 3.63) is 84.2 Å². The van der Waals surface area contributed by atoms with Crippen molar-refractivity contribution in [1.29, 1.82) is 0 Å². The molecule has 1 aliphatic rings. The van der Waals surface area contributed by atoms with Crippen molar-refractivity contribution in [2.24, 2.45) is 0 Å². The van der Waals surface area contributed by atoms with E-state index in [4.69, 9.17) is 12.2 Å². The SMILES string of the molecule is CCCN1C(=S)NC(c2ccccn2)C1c1cccn1-c1ccccc1F. The van der Waals surface area contributed by atoms with Crippen molar-refractivity contribution in [3.63, 3.8) is 0 Å². The van der Waals surface area contributed by atoms with Crippen LogP contribution in [0.15, 0.2) is 67.0 Å². The van der Waals surface area contributed by atoms with Gasteiger partial charge in [-0.05, 0) is 55.0 Å².